The van der Waals surface area contributed by atoms with Crippen molar-refractivity contribution < 1.29 is 9.90 Å². The number of carbonyl (C=O) groups is 1. The van der Waals surface area contributed by atoms with Crippen molar-refractivity contribution in [2.24, 2.45) is 5.10 Å². The van der Waals surface area contributed by atoms with Crippen molar-refractivity contribution in [3.8, 4) is 16.9 Å². The molecular formula is C29H22ClN3O2. The van der Waals surface area contributed by atoms with Crippen molar-refractivity contribution in [3.05, 3.63) is 125 Å². The van der Waals surface area contributed by atoms with Crippen LogP contribution in [0.25, 0.3) is 22.0 Å². The van der Waals surface area contributed by atoms with Gasteiger partial charge in [-0.15, -0.1) is 0 Å². The predicted octanol–water partition coefficient (Wildman–Crippen LogP) is 6.48. The summed E-state index contributed by atoms with van der Waals surface area (Å²) in [4.78, 5) is 12.3. The second-order valence-corrected chi connectivity index (χ2v) is 8.56. The molecule has 6 heteroatoms. The Morgan fingerprint density at radius 3 is 2.46 bits per heavy atom. The van der Waals surface area contributed by atoms with Gasteiger partial charge in [-0.25, -0.2) is 5.43 Å². The molecule has 0 radical (unpaired) electrons. The fourth-order valence-electron chi connectivity index (χ4n) is 4.00. The Hall–Kier alpha value is -4.35. The molecule has 0 atom stereocenters. The Morgan fingerprint density at radius 1 is 0.914 bits per heavy atom. The van der Waals surface area contributed by atoms with Gasteiger partial charge in [0.2, 0.25) is 0 Å². The van der Waals surface area contributed by atoms with E-state index in [1.54, 1.807) is 6.21 Å². The number of nitrogens with zero attached hydrogens (tertiary/aromatic N) is 2. The maximum atomic E-state index is 12.3. The molecule has 35 heavy (non-hydrogen) atoms. The number of phenols is 1. The fraction of sp³-hybridized carbons (Fsp3) is 0.0345. The average Bonchev–Trinajstić information content (AvgIpc) is 3.30. The second-order valence-electron chi connectivity index (χ2n) is 8.15. The van der Waals surface area contributed by atoms with Crippen LogP contribution in [0, 0.1) is 0 Å². The molecule has 1 aromatic heterocycles. The highest BCUT2D eigenvalue weighted by atomic mass is 35.5. The van der Waals surface area contributed by atoms with Crippen molar-refractivity contribution in [1.29, 1.82) is 0 Å². The van der Waals surface area contributed by atoms with Crippen molar-refractivity contribution in [2.75, 3.05) is 0 Å². The normalized spacial score (nSPS) is 11.2. The number of halogens is 1. The van der Waals surface area contributed by atoms with Crippen molar-refractivity contribution in [3.63, 3.8) is 0 Å². The number of aromatic hydroxyl groups is 1. The largest absolute Gasteiger partial charge is 0.506 e. The van der Waals surface area contributed by atoms with E-state index in [-0.39, 0.29) is 10.8 Å². The van der Waals surface area contributed by atoms with Gasteiger partial charge in [0.25, 0.3) is 5.91 Å². The minimum atomic E-state index is -0.410. The van der Waals surface area contributed by atoms with Crippen LogP contribution in [0.15, 0.2) is 108 Å². The molecule has 1 amide bonds. The molecule has 0 aliphatic carbocycles. The van der Waals surface area contributed by atoms with E-state index >= 15 is 0 Å². The number of carbonyl (C=O) groups excluding carboxylic acids is 1. The van der Waals surface area contributed by atoms with Gasteiger partial charge >= 0.3 is 0 Å². The van der Waals surface area contributed by atoms with E-state index in [0.717, 1.165) is 23.0 Å². The third-order valence-corrected chi connectivity index (χ3v) is 6.14. The maximum absolute atomic E-state index is 12.3. The summed E-state index contributed by atoms with van der Waals surface area (Å²) in [6.07, 6.45) is 3.69. The first kappa shape index (κ1) is 22.4. The van der Waals surface area contributed by atoms with Gasteiger partial charge in [-0.05, 0) is 47.0 Å². The second kappa shape index (κ2) is 9.87. The lowest BCUT2D eigenvalue weighted by Crippen LogP contribution is -2.17. The summed E-state index contributed by atoms with van der Waals surface area (Å²) in [7, 11) is 0. The van der Waals surface area contributed by atoms with Gasteiger partial charge < -0.3 is 9.67 Å². The molecule has 1 heterocycles. The van der Waals surface area contributed by atoms with E-state index in [4.69, 9.17) is 11.6 Å². The number of amides is 1. The molecule has 0 aliphatic heterocycles. The summed E-state index contributed by atoms with van der Waals surface area (Å²) < 4.78 is 2.20. The first-order valence-corrected chi connectivity index (χ1v) is 11.5. The van der Waals surface area contributed by atoms with E-state index in [0.29, 0.717) is 5.56 Å². The molecule has 5 nitrogen and oxygen atoms in total. The molecule has 0 saturated heterocycles. The zero-order chi connectivity index (χ0) is 24.2. The fourth-order valence-corrected chi connectivity index (χ4v) is 4.18. The standard InChI is InChI=1S/C29H22ClN3O2/c30-26-17-23(13-14-28(26)34)29(35)32-31-18-24-7-4-8-27-25(24)15-16-33(27)19-20-9-11-22(12-10-20)21-5-2-1-3-6-21/h1-18,34H,19H2,(H,32,35)/b31-18+. The summed E-state index contributed by atoms with van der Waals surface area (Å²) in [5.74, 6) is -0.484. The molecule has 5 aromatic rings. The smallest absolute Gasteiger partial charge is 0.271 e. The number of hydrogen-bond donors (Lipinski definition) is 2. The van der Waals surface area contributed by atoms with Crippen LogP contribution in [-0.4, -0.2) is 21.8 Å². The molecule has 0 spiro atoms. The topological polar surface area (TPSA) is 66.6 Å². The number of phenolic OH excluding ortho intramolecular Hbond substituents is 1. The van der Waals surface area contributed by atoms with Gasteiger partial charge in [-0.3, -0.25) is 4.79 Å². The number of aromatic nitrogens is 1. The maximum Gasteiger partial charge on any atom is 0.271 e. The highest BCUT2D eigenvalue weighted by Gasteiger charge is 2.08. The summed E-state index contributed by atoms with van der Waals surface area (Å²) in [6, 6.07) is 31.3. The van der Waals surface area contributed by atoms with Gasteiger partial charge in [0, 0.05) is 34.8 Å². The van der Waals surface area contributed by atoms with Crippen molar-refractivity contribution in [2.45, 2.75) is 6.54 Å². The third kappa shape index (κ3) is 4.95. The average molecular weight is 480 g/mol. The molecule has 5 rings (SSSR count). The van der Waals surface area contributed by atoms with Crippen molar-refractivity contribution >= 4 is 34.6 Å². The van der Waals surface area contributed by atoms with Gasteiger partial charge in [0.05, 0.1) is 11.2 Å². The lowest BCUT2D eigenvalue weighted by Gasteiger charge is -2.08. The zero-order valence-corrected chi connectivity index (χ0v) is 19.5. The lowest BCUT2D eigenvalue weighted by atomic mass is 10.0. The Balaban J connectivity index is 1.31. The quantitative estimate of drug-likeness (QED) is 0.216. The number of fused-ring (bicyclic) bond motifs is 1. The molecule has 0 aliphatic rings. The van der Waals surface area contributed by atoms with Crippen LogP contribution in [0.2, 0.25) is 5.02 Å². The molecule has 0 unspecified atom stereocenters. The van der Waals surface area contributed by atoms with E-state index < -0.39 is 5.91 Å². The van der Waals surface area contributed by atoms with Gasteiger partial charge in [0.1, 0.15) is 5.75 Å². The van der Waals surface area contributed by atoms with Crippen molar-refractivity contribution in [1.82, 2.24) is 9.99 Å². The Morgan fingerprint density at radius 2 is 1.69 bits per heavy atom. The Bertz CT molecular complexity index is 1520. The van der Waals surface area contributed by atoms with Crippen LogP contribution in [0.1, 0.15) is 21.5 Å². The van der Waals surface area contributed by atoms with Gasteiger partial charge in [-0.2, -0.15) is 5.10 Å². The molecule has 0 fully saturated rings. The van der Waals surface area contributed by atoms with Crippen LogP contribution in [-0.2, 0) is 6.54 Å². The summed E-state index contributed by atoms with van der Waals surface area (Å²) in [6.45, 7) is 0.748. The highest BCUT2D eigenvalue weighted by Crippen LogP contribution is 2.24. The number of rotatable bonds is 6. The van der Waals surface area contributed by atoms with Crippen LogP contribution >= 0.6 is 11.6 Å². The van der Waals surface area contributed by atoms with Crippen LogP contribution in [0.5, 0.6) is 5.75 Å². The number of hydrogen-bond acceptors (Lipinski definition) is 3. The van der Waals surface area contributed by atoms with Crippen LogP contribution in [0.4, 0.5) is 0 Å². The summed E-state index contributed by atoms with van der Waals surface area (Å²) >= 11 is 5.88. The highest BCUT2D eigenvalue weighted by molar-refractivity contribution is 6.32. The Labute approximate surface area is 207 Å². The monoisotopic (exact) mass is 479 g/mol. The van der Waals surface area contributed by atoms with Gasteiger partial charge in [-0.1, -0.05) is 78.3 Å². The molecule has 0 saturated carbocycles. The predicted molar refractivity (Wildman–Crippen MR) is 141 cm³/mol. The first-order chi connectivity index (χ1) is 17.1. The van der Waals surface area contributed by atoms with E-state index in [1.165, 1.54) is 34.9 Å². The Kier molecular flexibility index (Phi) is 6.33. The lowest BCUT2D eigenvalue weighted by molar-refractivity contribution is 0.0955. The summed E-state index contributed by atoms with van der Waals surface area (Å²) in [5.41, 5.74) is 8.40. The minimum Gasteiger partial charge on any atom is -0.506 e. The van der Waals surface area contributed by atoms with Crippen LogP contribution in [0.3, 0.4) is 0 Å². The molecule has 2 N–H and O–H groups in total. The first-order valence-electron chi connectivity index (χ1n) is 11.1. The summed E-state index contributed by atoms with van der Waals surface area (Å²) in [5, 5.41) is 14.8. The molecular weight excluding hydrogens is 458 g/mol. The minimum absolute atomic E-state index is 0.0740. The van der Waals surface area contributed by atoms with E-state index in [2.05, 4.69) is 69.8 Å². The number of benzene rings is 4. The third-order valence-electron chi connectivity index (χ3n) is 5.84. The number of nitrogens with one attached hydrogen (secondary N) is 1. The molecule has 0 bridgehead atoms. The van der Waals surface area contributed by atoms with Crippen LogP contribution < -0.4 is 5.43 Å². The van der Waals surface area contributed by atoms with E-state index in [1.807, 2.05) is 30.3 Å². The zero-order valence-electron chi connectivity index (χ0n) is 18.7. The SMILES string of the molecule is O=C(N/N=C/c1cccc2c1ccn2Cc1ccc(-c2ccccc2)cc1)c1ccc(O)c(Cl)c1. The van der Waals surface area contributed by atoms with Gasteiger partial charge in [0.15, 0.2) is 0 Å². The molecule has 4 aromatic carbocycles. The van der Waals surface area contributed by atoms with E-state index in [9.17, 15) is 9.90 Å². The number of hydrazone groups is 1. The molecule has 172 valence electrons.